The fourth-order valence-electron chi connectivity index (χ4n) is 1.95. The molecule has 2 N–H and O–H groups in total. The molecule has 0 radical (unpaired) electrons. The zero-order valence-corrected chi connectivity index (χ0v) is 10.3. The maximum absolute atomic E-state index is 11.0. The SMILES string of the molecule is CCCC(NCc1cc2ccccc2o1)C(=O)O. The molecule has 1 aromatic carbocycles. The summed E-state index contributed by atoms with van der Waals surface area (Å²) in [4.78, 5) is 11.0. The summed E-state index contributed by atoms with van der Waals surface area (Å²) in [6, 6.07) is 9.17. The molecule has 96 valence electrons. The van der Waals surface area contributed by atoms with E-state index in [1.165, 1.54) is 0 Å². The first-order chi connectivity index (χ1) is 8.70. The van der Waals surface area contributed by atoms with Crippen LogP contribution in [0, 0.1) is 0 Å². The normalized spacial score (nSPS) is 12.7. The van der Waals surface area contributed by atoms with Crippen molar-refractivity contribution in [3.8, 4) is 0 Å². The lowest BCUT2D eigenvalue weighted by molar-refractivity contribution is -0.139. The third-order valence-electron chi connectivity index (χ3n) is 2.87. The molecule has 0 bridgehead atoms. The van der Waals surface area contributed by atoms with Gasteiger partial charge in [-0.3, -0.25) is 10.1 Å². The average Bonchev–Trinajstić information content (AvgIpc) is 2.76. The van der Waals surface area contributed by atoms with Crippen molar-refractivity contribution in [1.29, 1.82) is 0 Å². The van der Waals surface area contributed by atoms with Gasteiger partial charge in [0.2, 0.25) is 0 Å². The van der Waals surface area contributed by atoms with Gasteiger partial charge < -0.3 is 9.52 Å². The van der Waals surface area contributed by atoms with Crippen molar-refractivity contribution in [2.24, 2.45) is 0 Å². The van der Waals surface area contributed by atoms with Gasteiger partial charge in [-0.25, -0.2) is 0 Å². The predicted molar refractivity (Wildman–Crippen MR) is 69.4 cm³/mol. The first-order valence-corrected chi connectivity index (χ1v) is 6.14. The molecule has 18 heavy (non-hydrogen) atoms. The smallest absolute Gasteiger partial charge is 0.320 e. The van der Waals surface area contributed by atoms with Gasteiger partial charge in [-0.2, -0.15) is 0 Å². The zero-order chi connectivity index (χ0) is 13.0. The van der Waals surface area contributed by atoms with Crippen LogP contribution in [0.1, 0.15) is 25.5 Å². The third-order valence-corrected chi connectivity index (χ3v) is 2.87. The molecule has 0 saturated carbocycles. The molecular weight excluding hydrogens is 230 g/mol. The van der Waals surface area contributed by atoms with E-state index in [0.29, 0.717) is 13.0 Å². The molecule has 4 nitrogen and oxygen atoms in total. The van der Waals surface area contributed by atoms with Gasteiger partial charge in [0, 0.05) is 5.39 Å². The third kappa shape index (κ3) is 2.90. The van der Waals surface area contributed by atoms with E-state index in [0.717, 1.165) is 23.2 Å². The molecule has 0 aliphatic carbocycles. The van der Waals surface area contributed by atoms with Crippen LogP contribution < -0.4 is 5.32 Å². The largest absolute Gasteiger partial charge is 0.480 e. The minimum atomic E-state index is -0.812. The Labute approximate surface area is 106 Å². The Morgan fingerprint density at radius 1 is 1.44 bits per heavy atom. The standard InChI is InChI=1S/C14H17NO3/c1-2-5-12(14(16)17)15-9-11-8-10-6-3-4-7-13(10)18-11/h3-4,6-8,12,15H,2,5,9H2,1H3,(H,16,17). The number of carbonyl (C=O) groups is 1. The lowest BCUT2D eigenvalue weighted by Gasteiger charge is -2.11. The first kappa shape index (κ1) is 12.6. The summed E-state index contributed by atoms with van der Waals surface area (Å²) >= 11 is 0. The van der Waals surface area contributed by atoms with E-state index in [2.05, 4.69) is 5.32 Å². The molecule has 0 fully saturated rings. The van der Waals surface area contributed by atoms with Crippen LogP contribution in [0.2, 0.25) is 0 Å². The Bertz CT molecular complexity index is 500. The first-order valence-electron chi connectivity index (χ1n) is 6.14. The Morgan fingerprint density at radius 2 is 2.22 bits per heavy atom. The van der Waals surface area contributed by atoms with Crippen LogP contribution in [-0.4, -0.2) is 17.1 Å². The number of fused-ring (bicyclic) bond motifs is 1. The van der Waals surface area contributed by atoms with Crippen LogP contribution >= 0.6 is 0 Å². The van der Waals surface area contributed by atoms with Gasteiger partial charge in [-0.15, -0.1) is 0 Å². The number of furan rings is 1. The number of hydrogen-bond acceptors (Lipinski definition) is 3. The fraction of sp³-hybridized carbons (Fsp3) is 0.357. The minimum absolute atomic E-state index is 0.436. The molecule has 4 heteroatoms. The maximum Gasteiger partial charge on any atom is 0.320 e. The minimum Gasteiger partial charge on any atom is -0.480 e. The van der Waals surface area contributed by atoms with Gasteiger partial charge in [-0.1, -0.05) is 31.5 Å². The van der Waals surface area contributed by atoms with Gasteiger partial charge >= 0.3 is 5.97 Å². The van der Waals surface area contributed by atoms with Crippen molar-refractivity contribution < 1.29 is 14.3 Å². The number of carboxylic acids is 1. The highest BCUT2D eigenvalue weighted by Gasteiger charge is 2.16. The molecule has 0 aliphatic rings. The maximum atomic E-state index is 11.0. The van der Waals surface area contributed by atoms with Crippen molar-refractivity contribution in [3.63, 3.8) is 0 Å². The number of nitrogens with one attached hydrogen (secondary N) is 1. The summed E-state index contributed by atoms with van der Waals surface area (Å²) in [5.74, 6) is -0.0495. The Balaban J connectivity index is 2.02. The molecule has 2 aromatic rings. The number of para-hydroxylation sites is 1. The number of rotatable bonds is 6. The molecular formula is C14H17NO3. The van der Waals surface area contributed by atoms with Crippen LogP contribution in [0.15, 0.2) is 34.7 Å². The topological polar surface area (TPSA) is 62.5 Å². The van der Waals surface area contributed by atoms with Gasteiger partial charge in [0.1, 0.15) is 17.4 Å². The second-order valence-corrected chi connectivity index (χ2v) is 4.31. The lowest BCUT2D eigenvalue weighted by atomic mass is 10.1. The Kier molecular flexibility index (Phi) is 3.99. The van der Waals surface area contributed by atoms with E-state index in [4.69, 9.17) is 9.52 Å². The zero-order valence-electron chi connectivity index (χ0n) is 10.3. The van der Waals surface area contributed by atoms with Gasteiger partial charge in [0.15, 0.2) is 0 Å². The van der Waals surface area contributed by atoms with E-state index in [-0.39, 0.29) is 0 Å². The van der Waals surface area contributed by atoms with Crippen LogP contribution in [-0.2, 0) is 11.3 Å². The van der Waals surface area contributed by atoms with Gasteiger partial charge in [-0.05, 0) is 18.6 Å². The van der Waals surface area contributed by atoms with E-state index >= 15 is 0 Å². The van der Waals surface area contributed by atoms with Gasteiger partial charge in [0.25, 0.3) is 0 Å². The molecule has 2 rings (SSSR count). The molecule has 0 spiro atoms. The molecule has 1 atom stereocenters. The van der Waals surface area contributed by atoms with Gasteiger partial charge in [0.05, 0.1) is 6.54 Å². The predicted octanol–water partition coefficient (Wildman–Crippen LogP) is 2.78. The number of hydrogen-bond donors (Lipinski definition) is 2. The molecule has 1 unspecified atom stereocenters. The lowest BCUT2D eigenvalue weighted by Crippen LogP contribution is -2.35. The van der Waals surface area contributed by atoms with Crippen molar-refractivity contribution in [2.75, 3.05) is 0 Å². The van der Waals surface area contributed by atoms with Crippen molar-refractivity contribution in [1.82, 2.24) is 5.32 Å². The van der Waals surface area contributed by atoms with Crippen LogP contribution in [0.25, 0.3) is 11.0 Å². The summed E-state index contributed by atoms with van der Waals surface area (Å²) < 4.78 is 5.62. The number of benzene rings is 1. The summed E-state index contributed by atoms with van der Waals surface area (Å²) in [7, 11) is 0. The Morgan fingerprint density at radius 3 is 2.89 bits per heavy atom. The summed E-state index contributed by atoms with van der Waals surface area (Å²) in [6.45, 7) is 2.41. The van der Waals surface area contributed by atoms with Crippen molar-refractivity contribution in [2.45, 2.75) is 32.4 Å². The van der Waals surface area contributed by atoms with Crippen LogP contribution in [0.5, 0.6) is 0 Å². The average molecular weight is 247 g/mol. The van der Waals surface area contributed by atoms with Crippen molar-refractivity contribution >= 4 is 16.9 Å². The van der Waals surface area contributed by atoms with E-state index in [9.17, 15) is 4.79 Å². The second-order valence-electron chi connectivity index (χ2n) is 4.31. The highest BCUT2D eigenvalue weighted by Crippen LogP contribution is 2.18. The van der Waals surface area contributed by atoms with E-state index in [1.807, 2.05) is 37.3 Å². The van der Waals surface area contributed by atoms with E-state index < -0.39 is 12.0 Å². The second kappa shape index (κ2) is 5.69. The number of carboxylic acid groups (broad SMARTS) is 1. The Hall–Kier alpha value is -1.81. The van der Waals surface area contributed by atoms with Crippen LogP contribution in [0.3, 0.4) is 0 Å². The fourth-order valence-corrected chi connectivity index (χ4v) is 1.95. The molecule has 1 heterocycles. The summed E-state index contributed by atoms with van der Waals surface area (Å²) in [5, 5.41) is 13.1. The molecule has 0 aliphatic heterocycles. The highest BCUT2D eigenvalue weighted by atomic mass is 16.4. The van der Waals surface area contributed by atoms with E-state index in [1.54, 1.807) is 0 Å². The quantitative estimate of drug-likeness (QED) is 0.824. The monoisotopic (exact) mass is 247 g/mol. The summed E-state index contributed by atoms with van der Waals surface area (Å²) in [5.41, 5.74) is 0.830. The molecule has 0 amide bonds. The molecule has 1 aromatic heterocycles. The number of aliphatic carboxylic acids is 1. The summed E-state index contributed by atoms with van der Waals surface area (Å²) in [6.07, 6.45) is 1.46. The van der Waals surface area contributed by atoms with Crippen molar-refractivity contribution in [3.05, 3.63) is 36.1 Å². The highest BCUT2D eigenvalue weighted by molar-refractivity contribution is 5.77. The van der Waals surface area contributed by atoms with Crippen LogP contribution in [0.4, 0.5) is 0 Å². The molecule has 0 saturated heterocycles.